The minimum absolute atomic E-state index is 0.0716. The van der Waals surface area contributed by atoms with Crippen LogP contribution in [0.2, 0.25) is 0 Å². The Labute approximate surface area is 163 Å². The smallest absolute Gasteiger partial charge is 0.233 e. The number of anilines is 1. The van der Waals surface area contributed by atoms with Gasteiger partial charge in [0.1, 0.15) is 0 Å². The lowest BCUT2D eigenvalue weighted by molar-refractivity contribution is -0.121. The SMILES string of the molecule is CCC(=O)N(c1nnc(S[C@H](C)C(=O)NC2CCCCCC2)s1)C1CC1. The van der Waals surface area contributed by atoms with E-state index in [1.165, 1.54) is 48.8 Å². The summed E-state index contributed by atoms with van der Waals surface area (Å²) in [5.41, 5.74) is 0. The fourth-order valence-electron chi connectivity index (χ4n) is 3.26. The summed E-state index contributed by atoms with van der Waals surface area (Å²) in [5, 5.41) is 12.1. The van der Waals surface area contributed by atoms with Gasteiger partial charge >= 0.3 is 0 Å². The van der Waals surface area contributed by atoms with Crippen LogP contribution < -0.4 is 10.2 Å². The molecular weight excluding hydrogens is 368 g/mol. The molecule has 0 radical (unpaired) electrons. The van der Waals surface area contributed by atoms with Gasteiger partial charge in [-0.2, -0.15) is 0 Å². The monoisotopic (exact) mass is 396 g/mol. The summed E-state index contributed by atoms with van der Waals surface area (Å²) in [7, 11) is 0. The molecule has 0 bridgehead atoms. The van der Waals surface area contributed by atoms with Gasteiger partial charge in [-0.3, -0.25) is 14.5 Å². The van der Waals surface area contributed by atoms with E-state index in [1.54, 1.807) is 4.90 Å². The van der Waals surface area contributed by atoms with Crippen LogP contribution in [0.3, 0.4) is 0 Å². The van der Waals surface area contributed by atoms with Gasteiger partial charge < -0.3 is 5.32 Å². The van der Waals surface area contributed by atoms with Crippen molar-refractivity contribution in [2.45, 2.75) is 93.3 Å². The number of rotatable bonds is 7. The van der Waals surface area contributed by atoms with Gasteiger partial charge in [0.15, 0.2) is 4.34 Å². The molecule has 0 unspecified atom stereocenters. The van der Waals surface area contributed by atoms with Gasteiger partial charge in [-0.1, -0.05) is 55.7 Å². The van der Waals surface area contributed by atoms with Crippen LogP contribution in [0.5, 0.6) is 0 Å². The van der Waals surface area contributed by atoms with Crippen LogP contribution >= 0.6 is 23.1 Å². The van der Waals surface area contributed by atoms with E-state index in [0.29, 0.717) is 17.6 Å². The molecule has 1 N–H and O–H groups in total. The molecule has 0 spiro atoms. The first kappa shape index (κ1) is 19.6. The van der Waals surface area contributed by atoms with E-state index in [9.17, 15) is 9.59 Å². The Morgan fingerprint density at radius 3 is 2.50 bits per heavy atom. The average molecular weight is 397 g/mol. The number of aromatic nitrogens is 2. The molecule has 2 aliphatic carbocycles. The minimum atomic E-state index is -0.213. The molecule has 6 nitrogen and oxygen atoms in total. The molecule has 8 heteroatoms. The van der Waals surface area contributed by atoms with E-state index in [0.717, 1.165) is 30.0 Å². The van der Waals surface area contributed by atoms with Crippen molar-refractivity contribution in [2.75, 3.05) is 4.90 Å². The zero-order valence-corrected chi connectivity index (χ0v) is 17.2. The maximum Gasteiger partial charge on any atom is 0.233 e. The summed E-state index contributed by atoms with van der Waals surface area (Å²) in [5.74, 6) is 0.168. The van der Waals surface area contributed by atoms with Gasteiger partial charge in [0, 0.05) is 18.5 Å². The molecule has 2 saturated carbocycles. The molecule has 0 aliphatic heterocycles. The third-order valence-electron chi connectivity index (χ3n) is 4.93. The van der Waals surface area contributed by atoms with Crippen molar-refractivity contribution in [3.05, 3.63) is 0 Å². The lowest BCUT2D eigenvalue weighted by atomic mass is 10.1. The number of thioether (sulfide) groups is 1. The van der Waals surface area contributed by atoms with Crippen LogP contribution in [0.4, 0.5) is 5.13 Å². The molecule has 26 heavy (non-hydrogen) atoms. The van der Waals surface area contributed by atoms with Gasteiger partial charge in [-0.05, 0) is 32.6 Å². The highest BCUT2D eigenvalue weighted by Gasteiger charge is 2.35. The van der Waals surface area contributed by atoms with Gasteiger partial charge in [0.25, 0.3) is 0 Å². The Kier molecular flexibility index (Phi) is 6.92. The number of hydrogen-bond donors (Lipinski definition) is 1. The summed E-state index contributed by atoms with van der Waals surface area (Å²) in [6, 6.07) is 0.592. The maximum absolute atomic E-state index is 12.5. The Morgan fingerprint density at radius 2 is 1.88 bits per heavy atom. The Morgan fingerprint density at radius 1 is 1.19 bits per heavy atom. The van der Waals surface area contributed by atoms with Gasteiger partial charge in [-0.15, -0.1) is 10.2 Å². The van der Waals surface area contributed by atoms with Crippen LogP contribution in [-0.2, 0) is 9.59 Å². The summed E-state index contributed by atoms with van der Waals surface area (Å²) in [6.07, 6.45) is 9.67. The number of carbonyl (C=O) groups excluding carboxylic acids is 2. The predicted octanol–water partition coefficient (Wildman–Crippen LogP) is 3.76. The van der Waals surface area contributed by atoms with E-state index >= 15 is 0 Å². The van der Waals surface area contributed by atoms with Crippen molar-refractivity contribution in [3.63, 3.8) is 0 Å². The highest BCUT2D eigenvalue weighted by atomic mass is 32.2. The first-order valence-corrected chi connectivity index (χ1v) is 11.4. The van der Waals surface area contributed by atoms with Gasteiger partial charge in [0.2, 0.25) is 16.9 Å². The molecule has 1 aromatic rings. The lowest BCUT2D eigenvalue weighted by Gasteiger charge is -2.18. The molecule has 2 fully saturated rings. The maximum atomic E-state index is 12.5. The van der Waals surface area contributed by atoms with Crippen molar-refractivity contribution < 1.29 is 9.59 Å². The third kappa shape index (κ3) is 5.19. The summed E-state index contributed by atoms with van der Waals surface area (Å²) >= 11 is 2.84. The van der Waals surface area contributed by atoms with E-state index in [1.807, 2.05) is 13.8 Å². The van der Waals surface area contributed by atoms with Crippen LogP contribution in [0.15, 0.2) is 4.34 Å². The second-order valence-electron chi connectivity index (χ2n) is 7.16. The molecular formula is C18H28N4O2S2. The van der Waals surface area contributed by atoms with Gasteiger partial charge in [0.05, 0.1) is 5.25 Å². The molecule has 1 aromatic heterocycles. The lowest BCUT2D eigenvalue weighted by Crippen LogP contribution is -2.39. The van der Waals surface area contributed by atoms with Crippen LogP contribution in [0.25, 0.3) is 0 Å². The fourth-order valence-corrected chi connectivity index (χ4v) is 5.35. The first-order valence-electron chi connectivity index (χ1n) is 9.71. The molecule has 1 atom stereocenters. The topological polar surface area (TPSA) is 75.2 Å². The molecule has 2 amide bonds. The van der Waals surface area contributed by atoms with Crippen molar-refractivity contribution in [1.29, 1.82) is 0 Å². The average Bonchev–Trinajstić information content (AvgIpc) is 3.40. The normalized spacial score (nSPS) is 19.6. The summed E-state index contributed by atoms with van der Waals surface area (Å²) in [6.45, 7) is 3.78. The molecule has 0 aromatic carbocycles. The number of nitrogens with zero attached hydrogens (tertiary/aromatic N) is 3. The standard InChI is InChI=1S/C18H28N4O2S2/c1-3-15(23)22(14-10-11-14)17-20-21-18(26-17)25-12(2)16(24)19-13-8-6-4-5-7-9-13/h12-14H,3-11H2,1-2H3,(H,19,24)/t12-/m1/s1. The number of nitrogens with one attached hydrogen (secondary N) is 1. The number of carbonyl (C=O) groups is 2. The molecule has 144 valence electrons. The minimum Gasteiger partial charge on any atom is -0.352 e. The van der Waals surface area contributed by atoms with Crippen LogP contribution in [0.1, 0.15) is 71.6 Å². The molecule has 1 heterocycles. The summed E-state index contributed by atoms with van der Waals surface area (Å²) < 4.78 is 0.748. The highest BCUT2D eigenvalue weighted by molar-refractivity contribution is 8.02. The van der Waals surface area contributed by atoms with E-state index in [2.05, 4.69) is 15.5 Å². The van der Waals surface area contributed by atoms with Crippen LogP contribution in [0, 0.1) is 0 Å². The number of amides is 2. The largest absolute Gasteiger partial charge is 0.352 e. The van der Waals surface area contributed by atoms with E-state index < -0.39 is 0 Å². The third-order valence-corrected chi connectivity index (χ3v) is 7.04. The summed E-state index contributed by atoms with van der Waals surface area (Å²) in [4.78, 5) is 26.5. The zero-order chi connectivity index (χ0) is 18.5. The van der Waals surface area contributed by atoms with E-state index in [4.69, 9.17) is 0 Å². The first-order chi connectivity index (χ1) is 12.6. The Hall–Kier alpha value is -1.15. The number of hydrogen-bond acceptors (Lipinski definition) is 6. The molecule has 2 aliphatic rings. The van der Waals surface area contributed by atoms with Crippen molar-refractivity contribution in [3.8, 4) is 0 Å². The second kappa shape index (κ2) is 9.17. The van der Waals surface area contributed by atoms with Crippen LogP contribution in [-0.4, -0.2) is 39.3 Å². The Balaban J connectivity index is 1.55. The zero-order valence-electron chi connectivity index (χ0n) is 15.6. The van der Waals surface area contributed by atoms with Crippen molar-refractivity contribution in [2.24, 2.45) is 0 Å². The predicted molar refractivity (Wildman–Crippen MR) is 106 cm³/mol. The molecule has 3 rings (SSSR count). The molecule has 0 saturated heterocycles. The van der Waals surface area contributed by atoms with Crippen molar-refractivity contribution >= 4 is 40.0 Å². The highest BCUT2D eigenvalue weighted by Crippen LogP contribution is 2.37. The quantitative estimate of drug-likeness (QED) is 0.431. The second-order valence-corrected chi connectivity index (χ2v) is 9.70. The fraction of sp³-hybridized carbons (Fsp3) is 0.778. The Bertz CT molecular complexity index is 624. The van der Waals surface area contributed by atoms with Crippen molar-refractivity contribution in [1.82, 2.24) is 15.5 Å². The van der Waals surface area contributed by atoms with Gasteiger partial charge in [-0.25, -0.2) is 0 Å². The van der Waals surface area contributed by atoms with E-state index in [-0.39, 0.29) is 23.1 Å².